The molecule has 3 rings (SSSR count). The molecule has 0 spiro atoms. The van der Waals surface area contributed by atoms with E-state index < -0.39 is 0 Å². The van der Waals surface area contributed by atoms with Crippen LogP contribution in [-0.4, -0.2) is 42.3 Å². The number of nitrogens with zero attached hydrogens (tertiary/aromatic N) is 3. The second-order valence-corrected chi connectivity index (χ2v) is 7.99. The van der Waals surface area contributed by atoms with E-state index in [0.717, 1.165) is 11.8 Å². The fraction of sp³-hybridized carbons (Fsp3) is 0.292. The molecule has 0 saturated heterocycles. The molecule has 0 aliphatic carbocycles. The van der Waals surface area contributed by atoms with Gasteiger partial charge < -0.3 is 29.8 Å². The summed E-state index contributed by atoms with van der Waals surface area (Å²) in [7, 11) is 1.58. The Labute approximate surface area is 213 Å². The van der Waals surface area contributed by atoms with Crippen molar-refractivity contribution >= 4 is 45.9 Å². The lowest BCUT2D eigenvalue weighted by Gasteiger charge is -2.13. The van der Waals surface area contributed by atoms with Gasteiger partial charge in [0.2, 0.25) is 0 Å². The van der Waals surface area contributed by atoms with Crippen LogP contribution in [0.4, 0.5) is 5.82 Å². The Kier molecular flexibility index (Phi) is 9.63. The molecule has 9 nitrogen and oxygen atoms in total. The SMILES string of the molecule is C/C=C(NC(N)=Nc1cc(C)on1)\C(Cl)=C/COc1ccnc2cc(OCCCCl)c(OC)cc12. The van der Waals surface area contributed by atoms with E-state index in [0.29, 0.717) is 57.6 Å². The summed E-state index contributed by atoms with van der Waals surface area (Å²) in [5, 5.41) is 7.92. The monoisotopic (exact) mass is 519 g/mol. The van der Waals surface area contributed by atoms with Crippen LogP contribution in [-0.2, 0) is 0 Å². The molecular weight excluding hydrogens is 493 g/mol. The minimum atomic E-state index is 0.121. The van der Waals surface area contributed by atoms with Crippen molar-refractivity contribution in [3.63, 3.8) is 0 Å². The first-order valence-electron chi connectivity index (χ1n) is 10.8. The third-order valence-electron chi connectivity index (χ3n) is 4.68. The van der Waals surface area contributed by atoms with Gasteiger partial charge in [0, 0.05) is 29.6 Å². The summed E-state index contributed by atoms with van der Waals surface area (Å²) in [5.74, 6) is 3.44. The lowest BCUT2D eigenvalue weighted by molar-refractivity contribution is 0.295. The molecule has 11 heteroatoms. The molecule has 0 aliphatic heterocycles. The van der Waals surface area contributed by atoms with Crippen molar-refractivity contribution < 1.29 is 18.7 Å². The molecule has 2 heterocycles. The summed E-state index contributed by atoms with van der Waals surface area (Å²) in [6.45, 7) is 4.28. The Morgan fingerprint density at radius 1 is 1.23 bits per heavy atom. The number of aromatic nitrogens is 2. The molecule has 0 saturated carbocycles. The summed E-state index contributed by atoms with van der Waals surface area (Å²) in [5.41, 5.74) is 7.23. The first-order chi connectivity index (χ1) is 16.9. The standard InChI is InChI=1S/C24H27Cl2N5O4/c1-4-18(29-24(27)30-23-12-15(2)35-31-23)17(26)7-11-34-20-6-9-28-19-14-22(33-10-5-8-25)21(32-3)13-16(19)20/h4,6-7,9,12-14H,5,8,10-11H2,1-3H3,(H3,27,29,30,31)/b17-7+,18-4+. The molecule has 0 bridgehead atoms. The largest absolute Gasteiger partial charge is 0.493 e. The fourth-order valence-electron chi connectivity index (χ4n) is 3.04. The highest BCUT2D eigenvalue weighted by molar-refractivity contribution is 6.32. The second-order valence-electron chi connectivity index (χ2n) is 7.20. The van der Waals surface area contributed by atoms with Gasteiger partial charge in [0.25, 0.3) is 0 Å². The molecule has 35 heavy (non-hydrogen) atoms. The molecule has 0 radical (unpaired) electrons. The number of nitrogens with two attached hydrogens (primary N) is 1. The third-order valence-corrected chi connectivity index (χ3v) is 5.31. The van der Waals surface area contributed by atoms with Crippen LogP contribution in [0.5, 0.6) is 17.2 Å². The number of fused-ring (bicyclic) bond motifs is 1. The van der Waals surface area contributed by atoms with Crippen LogP contribution in [0.3, 0.4) is 0 Å². The number of allylic oxidation sites excluding steroid dienone is 2. The summed E-state index contributed by atoms with van der Waals surface area (Å²) in [6, 6.07) is 7.09. The maximum atomic E-state index is 6.46. The van der Waals surface area contributed by atoms with Crippen LogP contribution < -0.4 is 25.3 Å². The van der Waals surface area contributed by atoms with Crippen LogP contribution in [0.1, 0.15) is 19.1 Å². The number of aryl methyl sites for hydroxylation is 1. The van der Waals surface area contributed by atoms with Gasteiger partial charge in [-0.2, -0.15) is 4.99 Å². The van der Waals surface area contributed by atoms with E-state index in [1.54, 1.807) is 44.5 Å². The van der Waals surface area contributed by atoms with Gasteiger partial charge in [-0.15, -0.1) is 11.6 Å². The van der Waals surface area contributed by atoms with Gasteiger partial charge >= 0.3 is 0 Å². The number of rotatable bonds is 11. The zero-order chi connectivity index (χ0) is 25.2. The van der Waals surface area contributed by atoms with E-state index in [1.807, 2.05) is 19.1 Å². The van der Waals surface area contributed by atoms with Gasteiger partial charge in [-0.1, -0.05) is 22.8 Å². The highest BCUT2D eigenvalue weighted by atomic mass is 35.5. The van der Waals surface area contributed by atoms with Gasteiger partial charge in [0.15, 0.2) is 23.3 Å². The summed E-state index contributed by atoms with van der Waals surface area (Å²) < 4.78 is 22.2. The molecule has 2 aromatic heterocycles. The van der Waals surface area contributed by atoms with Crippen molar-refractivity contribution in [3.05, 3.63) is 59.1 Å². The fourth-order valence-corrected chi connectivity index (χ4v) is 3.37. The van der Waals surface area contributed by atoms with E-state index in [9.17, 15) is 0 Å². The average Bonchev–Trinajstić information content (AvgIpc) is 3.26. The van der Waals surface area contributed by atoms with E-state index >= 15 is 0 Å². The summed E-state index contributed by atoms with van der Waals surface area (Å²) in [6.07, 6.45) is 5.88. The topological polar surface area (TPSA) is 117 Å². The van der Waals surface area contributed by atoms with Crippen molar-refractivity contribution in [3.8, 4) is 17.2 Å². The molecule has 186 valence electrons. The quantitative estimate of drug-likeness (QED) is 0.117. The second kappa shape index (κ2) is 12.9. The maximum absolute atomic E-state index is 6.46. The highest BCUT2D eigenvalue weighted by Crippen LogP contribution is 2.35. The molecule has 0 atom stereocenters. The Morgan fingerprint density at radius 3 is 2.74 bits per heavy atom. The third kappa shape index (κ3) is 7.27. The van der Waals surface area contributed by atoms with E-state index in [-0.39, 0.29) is 12.6 Å². The summed E-state index contributed by atoms with van der Waals surface area (Å²) >= 11 is 12.2. The Bertz CT molecular complexity index is 1240. The molecule has 0 fully saturated rings. The van der Waals surface area contributed by atoms with Crippen LogP contribution in [0.15, 0.2) is 62.9 Å². The number of pyridine rings is 1. The van der Waals surface area contributed by atoms with Gasteiger partial charge in [-0.05, 0) is 38.5 Å². The predicted octanol–water partition coefficient (Wildman–Crippen LogP) is 5.19. The lowest BCUT2D eigenvalue weighted by Crippen LogP contribution is -2.30. The number of aliphatic imine (C=N–C) groups is 1. The molecule has 0 aliphatic rings. The van der Waals surface area contributed by atoms with Gasteiger partial charge in [0.05, 0.1) is 30.0 Å². The smallest absolute Gasteiger partial charge is 0.200 e. The Balaban J connectivity index is 1.70. The number of nitrogens with one attached hydrogen (secondary N) is 1. The average molecular weight is 520 g/mol. The molecule has 3 aromatic rings. The van der Waals surface area contributed by atoms with E-state index in [4.69, 9.17) is 47.7 Å². The van der Waals surface area contributed by atoms with E-state index in [2.05, 4.69) is 20.4 Å². The predicted molar refractivity (Wildman–Crippen MR) is 138 cm³/mol. The van der Waals surface area contributed by atoms with Gasteiger partial charge in [-0.25, -0.2) is 0 Å². The van der Waals surface area contributed by atoms with Crippen LogP contribution in [0.2, 0.25) is 0 Å². The molecule has 1 aromatic carbocycles. The lowest BCUT2D eigenvalue weighted by atomic mass is 10.2. The van der Waals surface area contributed by atoms with Crippen molar-refractivity contribution in [1.29, 1.82) is 0 Å². The van der Waals surface area contributed by atoms with Crippen molar-refractivity contribution in [1.82, 2.24) is 15.5 Å². The Morgan fingerprint density at radius 2 is 2.06 bits per heavy atom. The number of alkyl halides is 1. The van der Waals surface area contributed by atoms with Crippen molar-refractivity contribution in [2.24, 2.45) is 10.7 Å². The number of hydrogen-bond acceptors (Lipinski definition) is 7. The number of halogens is 2. The molecule has 0 unspecified atom stereocenters. The number of ether oxygens (including phenoxy) is 3. The molecular formula is C24H27Cl2N5O4. The zero-order valence-corrected chi connectivity index (χ0v) is 21.2. The van der Waals surface area contributed by atoms with E-state index in [1.165, 1.54) is 0 Å². The first-order valence-corrected chi connectivity index (χ1v) is 11.7. The Hall–Kier alpha value is -3.43. The van der Waals surface area contributed by atoms with Crippen molar-refractivity contribution in [2.45, 2.75) is 20.3 Å². The number of benzene rings is 1. The normalized spacial score (nSPS) is 12.7. The number of methoxy groups -OCH3 is 1. The molecule has 0 amide bonds. The number of hydrogen-bond donors (Lipinski definition) is 2. The van der Waals surface area contributed by atoms with Crippen LogP contribution in [0, 0.1) is 6.92 Å². The minimum Gasteiger partial charge on any atom is -0.493 e. The number of guanidine groups is 1. The highest BCUT2D eigenvalue weighted by Gasteiger charge is 2.12. The first kappa shape index (κ1) is 26.2. The molecule has 3 N–H and O–H groups in total. The van der Waals surface area contributed by atoms with Gasteiger partial charge in [0.1, 0.15) is 18.1 Å². The van der Waals surface area contributed by atoms with Crippen molar-refractivity contribution in [2.75, 3.05) is 26.2 Å². The zero-order valence-electron chi connectivity index (χ0n) is 19.7. The maximum Gasteiger partial charge on any atom is 0.200 e. The van der Waals surface area contributed by atoms with Gasteiger partial charge in [-0.3, -0.25) is 4.98 Å². The minimum absolute atomic E-state index is 0.121. The summed E-state index contributed by atoms with van der Waals surface area (Å²) in [4.78, 5) is 8.56. The van der Waals surface area contributed by atoms with Crippen LogP contribution in [0.25, 0.3) is 10.9 Å². The van der Waals surface area contributed by atoms with Crippen LogP contribution >= 0.6 is 23.2 Å².